The second-order valence-corrected chi connectivity index (χ2v) is 4.96. The molecule has 0 spiro atoms. The molecular weight excluding hydrogens is 274 g/mol. The fourth-order valence-electron chi connectivity index (χ4n) is 2.19. The highest BCUT2D eigenvalue weighted by atomic mass is 16.2. The zero-order valence-corrected chi connectivity index (χ0v) is 12.2. The number of benzene rings is 2. The van der Waals surface area contributed by atoms with Crippen LogP contribution in [0.1, 0.15) is 21.6 Å². The monoisotopic (exact) mass is 289 g/mol. The minimum absolute atomic E-state index is 0.274. The van der Waals surface area contributed by atoms with E-state index < -0.39 is 0 Å². The normalized spacial score (nSPS) is 11.0. The summed E-state index contributed by atoms with van der Waals surface area (Å²) < 4.78 is 0. The highest BCUT2D eigenvalue weighted by Crippen LogP contribution is 2.16. The molecule has 2 aromatic carbocycles. The number of hydrazone groups is 1. The first-order chi connectivity index (χ1) is 10.7. The van der Waals surface area contributed by atoms with Crippen LogP contribution in [0.3, 0.4) is 0 Å². The molecule has 0 aliphatic carbocycles. The van der Waals surface area contributed by atoms with Crippen LogP contribution in [0.15, 0.2) is 65.9 Å². The molecule has 0 unspecified atom stereocenters. The van der Waals surface area contributed by atoms with Gasteiger partial charge in [-0.15, -0.1) is 0 Å². The predicted octanol–water partition coefficient (Wildman–Crippen LogP) is 3.31. The minimum Gasteiger partial charge on any atom is -0.267 e. The van der Waals surface area contributed by atoms with Crippen molar-refractivity contribution in [2.45, 2.75) is 6.92 Å². The van der Waals surface area contributed by atoms with Crippen molar-refractivity contribution in [3.8, 4) is 0 Å². The molecule has 4 heteroatoms. The first-order valence-electron chi connectivity index (χ1n) is 6.98. The van der Waals surface area contributed by atoms with Gasteiger partial charge >= 0.3 is 0 Å². The van der Waals surface area contributed by atoms with E-state index in [1.165, 1.54) is 6.20 Å². The lowest BCUT2D eigenvalue weighted by Gasteiger charge is -2.02. The topological polar surface area (TPSA) is 54.4 Å². The number of amides is 1. The number of nitrogens with one attached hydrogen (secondary N) is 1. The summed E-state index contributed by atoms with van der Waals surface area (Å²) in [5.41, 5.74) is 4.84. The van der Waals surface area contributed by atoms with Gasteiger partial charge in [-0.05, 0) is 29.8 Å². The molecule has 0 saturated carbocycles. The molecule has 0 radical (unpaired) electrons. The van der Waals surface area contributed by atoms with Crippen molar-refractivity contribution < 1.29 is 4.79 Å². The number of rotatable bonds is 3. The highest BCUT2D eigenvalue weighted by molar-refractivity contribution is 6.00. The van der Waals surface area contributed by atoms with E-state index in [1.807, 2.05) is 49.4 Å². The molecule has 1 amide bonds. The third kappa shape index (κ3) is 3.01. The number of hydrogen-bond acceptors (Lipinski definition) is 3. The average molecular weight is 289 g/mol. The Bertz CT molecular complexity index is 833. The summed E-state index contributed by atoms with van der Waals surface area (Å²) >= 11 is 0. The summed E-state index contributed by atoms with van der Waals surface area (Å²) in [4.78, 5) is 16.0. The summed E-state index contributed by atoms with van der Waals surface area (Å²) in [5, 5.41) is 6.27. The van der Waals surface area contributed by atoms with Crippen LogP contribution in [0.5, 0.6) is 0 Å². The van der Waals surface area contributed by atoms with Gasteiger partial charge in [-0.25, -0.2) is 5.43 Å². The first-order valence-corrected chi connectivity index (χ1v) is 6.98. The predicted molar refractivity (Wildman–Crippen MR) is 88.0 cm³/mol. The molecule has 1 N–H and O–H groups in total. The largest absolute Gasteiger partial charge is 0.272 e. The molecule has 22 heavy (non-hydrogen) atoms. The molecule has 0 aliphatic rings. The van der Waals surface area contributed by atoms with Gasteiger partial charge < -0.3 is 0 Å². The van der Waals surface area contributed by atoms with Gasteiger partial charge in [-0.2, -0.15) is 5.10 Å². The summed E-state index contributed by atoms with van der Waals surface area (Å²) in [7, 11) is 0. The Morgan fingerprint density at radius 3 is 2.73 bits per heavy atom. The quantitative estimate of drug-likeness (QED) is 0.594. The summed E-state index contributed by atoms with van der Waals surface area (Å²) in [6, 6.07) is 17.6. The van der Waals surface area contributed by atoms with Crippen LogP contribution in [0.4, 0.5) is 0 Å². The van der Waals surface area contributed by atoms with E-state index in [1.54, 1.807) is 18.3 Å². The zero-order chi connectivity index (χ0) is 15.4. The third-order valence-electron chi connectivity index (χ3n) is 3.37. The van der Waals surface area contributed by atoms with E-state index >= 15 is 0 Å². The van der Waals surface area contributed by atoms with Crippen LogP contribution in [-0.4, -0.2) is 17.1 Å². The highest BCUT2D eigenvalue weighted by Gasteiger charge is 2.03. The van der Waals surface area contributed by atoms with E-state index in [9.17, 15) is 4.79 Å². The van der Waals surface area contributed by atoms with Gasteiger partial charge in [0, 0.05) is 17.5 Å². The lowest BCUT2D eigenvalue weighted by Crippen LogP contribution is -2.17. The maximum atomic E-state index is 11.9. The Hall–Kier alpha value is -3.01. The lowest BCUT2D eigenvalue weighted by molar-refractivity contribution is 0.0955. The van der Waals surface area contributed by atoms with Crippen LogP contribution >= 0.6 is 0 Å². The standard InChI is InChI=1S/C18H15N3O/c1-13-9-10-16(11-19-13)18(22)21-20-12-15-7-4-6-14-5-2-3-8-17(14)15/h2-12H,1H3,(H,21,22)/b20-12-. The average Bonchev–Trinajstić information content (AvgIpc) is 2.55. The smallest absolute Gasteiger partial charge is 0.267 e. The van der Waals surface area contributed by atoms with Gasteiger partial charge in [0.2, 0.25) is 0 Å². The number of carbonyl (C=O) groups is 1. The van der Waals surface area contributed by atoms with Gasteiger partial charge in [-0.3, -0.25) is 9.78 Å². The summed E-state index contributed by atoms with van der Waals surface area (Å²) in [6.45, 7) is 1.88. The fourth-order valence-corrected chi connectivity index (χ4v) is 2.19. The van der Waals surface area contributed by atoms with Crippen LogP contribution < -0.4 is 5.43 Å². The van der Waals surface area contributed by atoms with Crippen molar-refractivity contribution in [3.05, 3.63) is 77.6 Å². The Kier molecular flexibility index (Phi) is 3.92. The molecule has 0 aliphatic heterocycles. The molecule has 3 rings (SSSR count). The van der Waals surface area contributed by atoms with Crippen molar-refractivity contribution in [1.29, 1.82) is 0 Å². The Labute approximate surface area is 128 Å². The Morgan fingerprint density at radius 2 is 1.91 bits per heavy atom. The molecule has 1 heterocycles. The number of aryl methyl sites for hydroxylation is 1. The maximum absolute atomic E-state index is 11.9. The number of hydrogen-bond donors (Lipinski definition) is 1. The summed E-state index contributed by atoms with van der Waals surface area (Å²) in [5.74, 6) is -0.274. The number of carbonyl (C=O) groups excluding carboxylic acids is 1. The number of pyridine rings is 1. The van der Waals surface area contributed by atoms with Crippen LogP contribution in [0.2, 0.25) is 0 Å². The van der Waals surface area contributed by atoms with Crippen LogP contribution in [0, 0.1) is 6.92 Å². The fraction of sp³-hybridized carbons (Fsp3) is 0.0556. The van der Waals surface area contributed by atoms with E-state index in [4.69, 9.17) is 0 Å². The second kappa shape index (κ2) is 6.18. The van der Waals surface area contributed by atoms with E-state index in [0.717, 1.165) is 22.0 Å². The maximum Gasteiger partial charge on any atom is 0.272 e. The SMILES string of the molecule is Cc1ccc(C(=O)N/N=C\c2cccc3ccccc23)cn1. The van der Waals surface area contributed by atoms with Crippen molar-refractivity contribution in [3.63, 3.8) is 0 Å². The molecule has 0 saturated heterocycles. The molecule has 4 nitrogen and oxygen atoms in total. The van der Waals surface area contributed by atoms with Gasteiger partial charge in [-0.1, -0.05) is 42.5 Å². The first kappa shape index (κ1) is 13.9. The molecule has 1 aromatic heterocycles. The number of nitrogens with zero attached hydrogens (tertiary/aromatic N) is 2. The molecular formula is C18H15N3O. The van der Waals surface area contributed by atoms with Crippen molar-refractivity contribution in [2.24, 2.45) is 5.10 Å². The third-order valence-corrected chi connectivity index (χ3v) is 3.37. The number of fused-ring (bicyclic) bond motifs is 1. The summed E-state index contributed by atoms with van der Waals surface area (Å²) in [6.07, 6.45) is 3.19. The molecule has 0 fully saturated rings. The molecule has 3 aromatic rings. The molecule has 108 valence electrons. The lowest BCUT2D eigenvalue weighted by atomic mass is 10.1. The minimum atomic E-state index is -0.274. The van der Waals surface area contributed by atoms with Gasteiger partial charge in [0.25, 0.3) is 5.91 Å². The molecule has 0 bridgehead atoms. The Morgan fingerprint density at radius 1 is 1.09 bits per heavy atom. The van der Waals surface area contributed by atoms with Crippen LogP contribution in [0.25, 0.3) is 10.8 Å². The van der Waals surface area contributed by atoms with Gasteiger partial charge in [0.1, 0.15) is 0 Å². The molecule has 0 atom stereocenters. The van der Waals surface area contributed by atoms with E-state index in [-0.39, 0.29) is 5.91 Å². The van der Waals surface area contributed by atoms with E-state index in [2.05, 4.69) is 15.5 Å². The van der Waals surface area contributed by atoms with Crippen LogP contribution in [-0.2, 0) is 0 Å². The van der Waals surface area contributed by atoms with Gasteiger partial charge in [0.15, 0.2) is 0 Å². The zero-order valence-electron chi connectivity index (χ0n) is 12.2. The second-order valence-electron chi connectivity index (χ2n) is 4.96. The van der Waals surface area contributed by atoms with Gasteiger partial charge in [0.05, 0.1) is 11.8 Å². The van der Waals surface area contributed by atoms with Crippen molar-refractivity contribution >= 4 is 22.9 Å². The van der Waals surface area contributed by atoms with E-state index in [0.29, 0.717) is 5.56 Å². The number of aromatic nitrogens is 1. The van der Waals surface area contributed by atoms with Crippen molar-refractivity contribution in [2.75, 3.05) is 0 Å². The Balaban J connectivity index is 1.76. The van der Waals surface area contributed by atoms with Crippen molar-refractivity contribution in [1.82, 2.24) is 10.4 Å².